The van der Waals surface area contributed by atoms with Crippen molar-refractivity contribution in [3.05, 3.63) is 115 Å². The van der Waals surface area contributed by atoms with E-state index in [-0.39, 0.29) is 17.9 Å². The Morgan fingerprint density at radius 3 is 2.30 bits per heavy atom. The average Bonchev–Trinajstić information content (AvgIpc) is 2.96. The van der Waals surface area contributed by atoms with Gasteiger partial charge in [-0.1, -0.05) is 44.7 Å². The number of carbonyl (C=O) groups is 1. The van der Waals surface area contributed by atoms with Crippen LogP contribution in [0.1, 0.15) is 52.2 Å². The number of nitro groups is 1. The van der Waals surface area contributed by atoms with Crippen LogP contribution in [0.2, 0.25) is 0 Å². The molecule has 242 valence electrons. The van der Waals surface area contributed by atoms with Crippen LogP contribution in [0.3, 0.4) is 0 Å². The van der Waals surface area contributed by atoms with E-state index in [0.29, 0.717) is 30.6 Å². The number of aliphatic hydroxyl groups is 1. The summed E-state index contributed by atoms with van der Waals surface area (Å²) in [6.07, 6.45) is 6.84. The third kappa shape index (κ3) is 14.5. The van der Waals surface area contributed by atoms with Gasteiger partial charge in [-0.05, 0) is 78.3 Å². The smallest absolute Gasteiger partial charge is 0.410 e. The molecular formula is C32H47N5O7. The van der Waals surface area contributed by atoms with Crippen LogP contribution in [0.25, 0.3) is 0 Å². The zero-order valence-electron chi connectivity index (χ0n) is 26.9. The number of hydrogen-bond acceptors (Lipinski definition) is 10. The van der Waals surface area contributed by atoms with Crippen molar-refractivity contribution in [1.29, 1.82) is 0 Å². The van der Waals surface area contributed by atoms with E-state index < -0.39 is 27.5 Å². The largest absolute Gasteiger partial charge is 0.515 e. The number of hydrogen-bond donors (Lipinski definition) is 3. The molecule has 0 bridgehead atoms. The Kier molecular flexibility index (Phi) is 18.1. The number of rotatable bonds is 14. The fourth-order valence-corrected chi connectivity index (χ4v) is 3.44. The van der Waals surface area contributed by atoms with E-state index in [1.54, 1.807) is 23.3 Å². The molecule has 0 radical (unpaired) electrons. The van der Waals surface area contributed by atoms with Gasteiger partial charge in [0.05, 0.1) is 29.0 Å². The van der Waals surface area contributed by atoms with Crippen LogP contribution in [-0.4, -0.2) is 58.7 Å². The molecule has 0 spiro atoms. The number of para-hydroxylation sites is 1. The highest BCUT2D eigenvalue weighted by molar-refractivity contribution is 5.71. The predicted octanol–water partition coefficient (Wildman–Crippen LogP) is 5.38. The van der Waals surface area contributed by atoms with Crippen LogP contribution in [0, 0.1) is 10.1 Å². The monoisotopic (exact) mass is 613 g/mol. The molecule has 12 heteroatoms. The van der Waals surface area contributed by atoms with E-state index in [1.807, 2.05) is 73.0 Å². The maximum absolute atomic E-state index is 12.9. The van der Waals surface area contributed by atoms with Crippen molar-refractivity contribution < 1.29 is 19.6 Å². The van der Waals surface area contributed by atoms with E-state index in [0.717, 1.165) is 24.6 Å². The lowest BCUT2D eigenvalue weighted by atomic mass is 10.1. The second-order valence-electron chi connectivity index (χ2n) is 10.4. The molecule has 3 N–H and O–H groups in total. The van der Waals surface area contributed by atoms with Crippen LogP contribution in [-0.2, 0) is 17.8 Å². The number of nitrogens with zero attached hydrogens (tertiary/aromatic N) is 3. The molecule has 0 saturated carbocycles. The van der Waals surface area contributed by atoms with Gasteiger partial charge in [-0.25, -0.2) is 4.79 Å². The fourth-order valence-electron chi connectivity index (χ4n) is 3.44. The number of nitrogens with one attached hydrogen (secondary N) is 2. The summed E-state index contributed by atoms with van der Waals surface area (Å²) in [6.45, 7) is 18.0. The number of allylic oxidation sites excluding steroid dienone is 3. The number of benzene rings is 1. The quantitative estimate of drug-likeness (QED) is 0.0832. The summed E-state index contributed by atoms with van der Waals surface area (Å²) in [7, 11) is 3.97. The van der Waals surface area contributed by atoms with E-state index >= 15 is 0 Å². The Morgan fingerprint density at radius 1 is 1.14 bits per heavy atom. The molecule has 44 heavy (non-hydrogen) atoms. The minimum absolute atomic E-state index is 0.230. The summed E-state index contributed by atoms with van der Waals surface area (Å²) in [6, 6.07) is 7.43. The fraction of sp³-hybridized carbons (Fsp3) is 0.406. The molecule has 0 unspecified atom stereocenters. The minimum atomic E-state index is -0.688. The van der Waals surface area contributed by atoms with Crippen molar-refractivity contribution in [2.24, 2.45) is 0 Å². The van der Waals surface area contributed by atoms with E-state index in [9.17, 15) is 24.5 Å². The summed E-state index contributed by atoms with van der Waals surface area (Å²) < 4.78 is 5.62. The number of anilines is 2. The van der Waals surface area contributed by atoms with Crippen molar-refractivity contribution in [3.63, 3.8) is 0 Å². The first kappa shape index (κ1) is 39.3. The van der Waals surface area contributed by atoms with Gasteiger partial charge in [0.2, 0.25) is 10.9 Å². The van der Waals surface area contributed by atoms with Crippen LogP contribution in [0.15, 0.2) is 83.4 Å². The lowest BCUT2D eigenvalue weighted by Gasteiger charge is -2.28. The molecule has 1 amide bonds. The van der Waals surface area contributed by atoms with Crippen LogP contribution in [0.5, 0.6) is 0 Å². The second-order valence-corrected chi connectivity index (χ2v) is 10.4. The van der Waals surface area contributed by atoms with Crippen molar-refractivity contribution >= 4 is 17.5 Å². The molecule has 2 rings (SSSR count). The topological polar surface area (TPSA) is 154 Å². The second kappa shape index (κ2) is 20.2. The van der Waals surface area contributed by atoms with Crippen molar-refractivity contribution in [2.75, 3.05) is 32.5 Å². The van der Waals surface area contributed by atoms with Gasteiger partial charge in [0.15, 0.2) is 0 Å². The van der Waals surface area contributed by atoms with Gasteiger partial charge in [-0.3, -0.25) is 19.7 Å². The summed E-state index contributed by atoms with van der Waals surface area (Å²) >= 11 is 0. The lowest BCUT2D eigenvalue weighted by Crippen LogP contribution is -2.40. The number of carbonyl (C=O) groups excluding carboxylic acids is 1. The molecule has 0 aliphatic rings. The third-order valence-corrected chi connectivity index (χ3v) is 5.46. The summed E-state index contributed by atoms with van der Waals surface area (Å²) in [5, 5.41) is 23.7. The molecule has 12 nitrogen and oxygen atoms in total. The molecule has 0 heterocycles. The van der Waals surface area contributed by atoms with E-state index in [2.05, 4.69) is 28.7 Å². The SMILES string of the molecule is C=C(/C=C/O)[N+](=O)[O-].C=C/C=C/NCc1c(Nc2ccccc2CN(CCCN(C)C)C(=O)OC(C)(C)C)c(=O)c1=O.CC. The normalized spacial score (nSPS) is 10.9. The van der Waals surface area contributed by atoms with Crippen LogP contribution < -0.4 is 21.5 Å². The number of ether oxygens (including phenoxy) is 1. The van der Waals surface area contributed by atoms with Gasteiger partial charge in [0, 0.05) is 24.9 Å². The molecule has 0 aromatic heterocycles. The zero-order chi connectivity index (χ0) is 33.9. The van der Waals surface area contributed by atoms with E-state index in [1.165, 1.54) is 0 Å². The average molecular weight is 614 g/mol. The Hall–Kier alpha value is -4.71. The maximum atomic E-state index is 12.9. The van der Waals surface area contributed by atoms with Gasteiger partial charge < -0.3 is 30.3 Å². The molecule has 2 aromatic rings. The van der Waals surface area contributed by atoms with Crippen molar-refractivity contribution in [2.45, 2.75) is 59.7 Å². The molecular weight excluding hydrogens is 566 g/mol. The van der Waals surface area contributed by atoms with Crippen molar-refractivity contribution in [1.82, 2.24) is 15.1 Å². The molecule has 2 aromatic carbocycles. The first-order chi connectivity index (χ1) is 20.7. The Morgan fingerprint density at radius 2 is 1.77 bits per heavy atom. The molecule has 0 atom stereocenters. The van der Waals surface area contributed by atoms with Crippen LogP contribution >= 0.6 is 0 Å². The molecule has 0 aliphatic carbocycles. The van der Waals surface area contributed by atoms with Gasteiger partial charge in [0.25, 0.3) is 5.70 Å². The highest BCUT2D eigenvalue weighted by Gasteiger charge is 2.24. The van der Waals surface area contributed by atoms with Crippen molar-refractivity contribution in [3.8, 4) is 0 Å². The first-order valence-corrected chi connectivity index (χ1v) is 14.2. The van der Waals surface area contributed by atoms with Gasteiger partial charge >= 0.3 is 6.09 Å². The Labute approximate surface area is 259 Å². The first-order valence-electron chi connectivity index (χ1n) is 14.2. The molecule has 0 aliphatic heterocycles. The maximum Gasteiger partial charge on any atom is 0.410 e. The minimum Gasteiger partial charge on any atom is -0.515 e. The summed E-state index contributed by atoms with van der Waals surface area (Å²) in [5.74, 6) is 0. The van der Waals surface area contributed by atoms with Gasteiger partial charge in [-0.2, -0.15) is 0 Å². The highest BCUT2D eigenvalue weighted by Crippen LogP contribution is 2.23. The Bertz CT molecular complexity index is 1350. The number of amides is 1. The van der Waals surface area contributed by atoms with E-state index in [4.69, 9.17) is 9.84 Å². The van der Waals surface area contributed by atoms with Gasteiger partial charge in [-0.15, -0.1) is 0 Å². The number of aliphatic hydroxyl groups excluding tert-OH is 1. The summed E-state index contributed by atoms with van der Waals surface area (Å²) in [5.41, 5.74) is 0.160. The third-order valence-electron chi connectivity index (χ3n) is 5.46. The lowest BCUT2D eigenvalue weighted by molar-refractivity contribution is -0.418. The standard InChI is InChI=1S/C26H36N4O4.C4H5NO3.C2H6/c1-7-8-14-27-17-20-22(24(32)23(20)31)28-21-13-10-9-12-19(21)18-30(16-11-15-29(5)6)25(33)34-26(2,3)4;1-4(2-3-6)5(7)8;1-2/h7-10,12-14,27-28H,1,11,15-18H2,2-6H3;2-3,6H,1H2;1-2H3/b14-8+;3-2+;. The summed E-state index contributed by atoms with van der Waals surface area (Å²) in [4.78, 5) is 49.9. The molecule has 0 saturated heterocycles. The molecule has 0 fully saturated rings. The predicted molar refractivity (Wildman–Crippen MR) is 176 cm³/mol. The Balaban J connectivity index is 0.00000160. The zero-order valence-corrected chi connectivity index (χ0v) is 26.9. The van der Waals surface area contributed by atoms with Gasteiger partial charge in [0.1, 0.15) is 5.60 Å². The van der Waals surface area contributed by atoms with Crippen LogP contribution in [0.4, 0.5) is 16.2 Å². The highest BCUT2D eigenvalue weighted by atomic mass is 16.6.